The number of hydrogen-bond acceptors (Lipinski definition) is 6. The number of carbonyl (C=O) groups is 2. The number of benzene rings is 1. The minimum Gasteiger partial charge on any atom is -0.340 e. The first-order valence-electron chi connectivity index (χ1n) is 9.77. The van der Waals surface area contributed by atoms with Gasteiger partial charge in [0.2, 0.25) is 11.9 Å². The molecule has 3 N–H and O–H groups in total. The van der Waals surface area contributed by atoms with E-state index in [0.717, 1.165) is 36.1 Å². The Bertz CT molecular complexity index is 821. The first-order chi connectivity index (χ1) is 13.9. The van der Waals surface area contributed by atoms with Crippen LogP contribution in [-0.4, -0.2) is 45.5 Å². The van der Waals surface area contributed by atoms with E-state index in [9.17, 15) is 9.59 Å². The van der Waals surface area contributed by atoms with Crippen LogP contribution in [0.3, 0.4) is 0 Å². The van der Waals surface area contributed by atoms with Crippen LogP contribution in [0, 0.1) is 13.8 Å². The highest BCUT2D eigenvalue weighted by Gasteiger charge is 2.14. The Morgan fingerprint density at radius 1 is 1.07 bits per heavy atom. The molecular formula is C21H29N5O3. The molecule has 2 rings (SSSR count). The number of hydroxylamine groups is 1. The van der Waals surface area contributed by atoms with Crippen LogP contribution < -0.4 is 10.8 Å². The number of nitrogens with zero attached hydrogens (tertiary/aromatic N) is 3. The molecule has 0 aliphatic rings. The third kappa shape index (κ3) is 6.83. The van der Waals surface area contributed by atoms with E-state index in [1.807, 2.05) is 32.0 Å². The van der Waals surface area contributed by atoms with Gasteiger partial charge in [0.25, 0.3) is 5.91 Å². The van der Waals surface area contributed by atoms with Crippen molar-refractivity contribution in [3.05, 3.63) is 47.3 Å². The van der Waals surface area contributed by atoms with Gasteiger partial charge in [0, 0.05) is 31.9 Å². The number of anilines is 2. The largest absolute Gasteiger partial charge is 0.340 e. The Labute approximate surface area is 171 Å². The number of aryl methyl sites for hydroxylation is 2. The summed E-state index contributed by atoms with van der Waals surface area (Å²) >= 11 is 0. The molecule has 0 saturated heterocycles. The lowest BCUT2D eigenvalue weighted by Crippen LogP contribution is -2.28. The van der Waals surface area contributed by atoms with Gasteiger partial charge in [-0.3, -0.25) is 14.8 Å². The van der Waals surface area contributed by atoms with E-state index in [4.69, 9.17) is 5.21 Å². The zero-order chi connectivity index (χ0) is 21.2. The van der Waals surface area contributed by atoms with Crippen molar-refractivity contribution >= 4 is 23.5 Å². The van der Waals surface area contributed by atoms with E-state index < -0.39 is 0 Å². The molecule has 0 radical (unpaired) electrons. The number of aromatic nitrogens is 2. The van der Waals surface area contributed by atoms with Crippen molar-refractivity contribution in [3.8, 4) is 0 Å². The zero-order valence-corrected chi connectivity index (χ0v) is 17.2. The number of rotatable bonds is 10. The van der Waals surface area contributed by atoms with E-state index in [0.29, 0.717) is 31.0 Å². The molecule has 8 heteroatoms. The zero-order valence-electron chi connectivity index (χ0n) is 17.2. The normalized spacial score (nSPS) is 10.5. The third-order valence-electron chi connectivity index (χ3n) is 4.71. The van der Waals surface area contributed by atoms with Crippen molar-refractivity contribution in [2.75, 3.05) is 18.9 Å². The van der Waals surface area contributed by atoms with E-state index in [1.165, 1.54) is 0 Å². The fourth-order valence-electron chi connectivity index (χ4n) is 3.00. The summed E-state index contributed by atoms with van der Waals surface area (Å²) in [6.07, 6.45) is 5.20. The molecule has 8 nitrogen and oxygen atoms in total. The molecule has 0 aliphatic carbocycles. The quantitative estimate of drug-likeness (QED) is 0.321. The van der Waals surface area contributed by atoms with Crippen molar-refractivity contribution in [1.29, 1.82) is 0 Å². The lowest BCUT2D eigenvalue weighted by atomic mass is 10.1. The number of unbranched alkanes of at least 4 members (excludes halogenated alkanes) is 3. The second-order valence-corrected chi connectivity index (χ2v) is 7.08. The number of para-hydroxylation sites is 1. The monoisotopic (exact) mass is 399 g/mol. The van der Waals surface area contributed by atoms with Crippen molar-refractivity contribution in [2.45, 2.75) is 46.0 Å². The van der Waals surface area contributed by atoms with E-state index in [2.05, 4.69) is 15.3 Å². The maximum atomic E-state index is 12.7. The number of carbonyl (C=O) groups excluding carboxylic acids is 2. The Kier molecular flexibility index (Phi) is 8.54. The van der Waals surface area contributed by atoms with Crippen LogP contribution in [0.2, 0.25) is 0 Å². The fourth-order valence-corrected chi connectivity index (χ4v) is 3.00. The molecule has 29 heavy (non-hydrogen) atoms. The molecule has 0 bridgehead atoms. The lowest BCUT2D eigenvalue weighted by molar-refractivity contribution is -0.129. The highest BCUT2D eigenvalue weighted by molar-refractivity contribution is 5.92. The lowest BCUT2D eigenvalue weighted by Gasteiger charge is -2.17. The van der Waals surface area contributed by atoms with Gasteiger partial charge in [0.05, 0.1) is 0 Å². The highest BCUT2D eigenvalue weighted by Crippen LogP contribution is 2.22. The van der Waals surface area contributed by atoms with Crippen molar-refractivity contribution in [1.82, 2.24) is 20.3 Å². The van der Waals surface area contributed by atoms with Crippen LogP contribution in [0.5, 0.6) is 0 Å². The van der Waals surface area contributed by atoms with Crippen LogP contribution in [-0.2, 0) is 4.79 Å². The summed E-state index contributed by atoms with van der Waals surface area (Å²) < 4.78 is 0. The minimum atomic E-state index is -0.369. The number of amides is 2. The SMILES string of the molecule is Cc1cccc(C)c1Nc1nccc(C(=O)N(C)CCCCCCC(=O)NO)n1. The molecule has 0 aliphatic heterocycles. The number of hydrogen-bond donors (Lipinski definition) is 3. The second kappa shape index (κ2) is 11.1. The molecule has 2 aromatic rings. The molecule has 0 unspecified atom stereocenters. The Morgan fingerprint density at radius 2 is 1.76 bits per heavy atom. The third-order valence-corrected chi connectivity index (χ3v) is 4.71. The maximum absolute atomic E-state index is 12.7. The average Bonchev–Trinajstić information content (AvgIpc) is 2.72. The molecule has 1 aromatic heterocycles. The van der Waals surface area contributed by atoms with Crippen molar-refractivity contribution in [3.63, 3.8) is 0 Å². The standard InChI is InChI=1S/C21H29N5O3/c1-15-9-8-10-16(2)19(15)24-21-22-13-12-17(23-21)20(28)26(3)14-7-5-4-6-11-18(27)25-29/h8-10,12-13,29H,4-7,11,14H2,1-3H3,(H,25,27)(H,22,23,24). The average molecular weight is 399 g/mol. The van der Waals surface area contributed by atoms with E-state index in [-0.39, 0.29) is 11.8 Å². The van der Waals surface area contributed by atoms with Crippen LogP contribution in [0.1, 0.15) is 53.7 Å². The van der Waals surface area contributed by atoms with Crippen molar-refractivity contribution < 1.29 is 14.8 Å². The molecule has 0 saturated carbocycles. The molecular weight excluding hydrogens is 370 g/mol. The number of nitrogens with one attached hydrogen (secondary N) is 2. The van der Waals surface area contributed by atoms with Gasteiger partial charge in [-0.25, -0.2) is 15.4 Å². The van der Waals surface area contributed by atoms with E-state index in [1.54, 1.807) is 29.7 Å². The summed E-state index contributed by atoms with van der Waals surface area (Å²) in [6.45, 7) is 4.62. The molecule has 2 amide bonds. The van der Waals surface area contributed by atoms with Crippen LogP contribution in [0.15, 0.2) is 30.5 Å². The molecule has 1 heterocycles. The van der Waals surface area contributed by atoms with Crippen molar-refractivity contribution in [2.24, 2.45) is 0 Å². The Hall–Kier alpha value is -3.00. The smallest absolute Gasteiger partial charge is 0.272 e. The Balaban J connectivity index is 1.87. The molecule has 1 aromatic carbocycles. The van der Waals surface area contributed by atoms with E-state index >= 15 is 0 Å². The topological polar surface area (TPSA) is 107 Å². The van der Waals surface area contributed by atoms with Crippen LogP contribution >= 0.6 is 0 Å². The summed E-state index contributed by atoms with van der Waals surface area (Å²) in [6, 6.07) is 7.62. The second-order valence-electron chi connectivity index (χ2n) is 7.08. The summed E-state index contributed by atoms with van der Waals surface area (Å²) in [7, 11) is 1.75. The fraction of sp³-hybridized carbons (Fsp3) is 0.429. The molecule has 0 fully saturated rings. The summed E-state index contributed by atoms with van der Waals surface area (Å²) in [4.78, 5) is 33.9. The summed E-state index contributed by atoms with van der Waals surface area (Å²) in [5.41, 5.74) is 5.08. The van der Waals surface area contributed by atoms with Gasteiger partial charge in [0.15, 0.2) is 0 Å². The minimum absolute atomic E-state index is 0.156. The Morgan fingerprint density at radius 3 is 2.45 bits per heavy atom. The van der Waals surface area contributed by atoms with Gasteiger partial charge in [0.1, 0.15) is 5.69 Å². The molecule has 0 spiro atoms. The van der Waals surface area contributed by atoms with Gasteiger partial charge >= 0.3 is 0 Å². The van der Waals surface area contributed by atoms with Crippen LogP contribution in [0.25, 0.3) is 0 Å². The maximum Gasteiger partial charge on any atom is 0.272 e. The molecule has 0 atom stereocenters. The van der Waals surface area contributed by atoms with Gasteiger partial charge in [-0.1, -0.05) is 31.0 Å². The first kappa shape index (κ1) is 22.3. The van der Waals surface area contributed by atoms with Gasteiger partial charge in [-0.05, 0) is 43.9 Å². The first-order valence-corrected chi connectivity index (χ1v) is 9.77. The summed E-state index contributed by atoms with van der Waals surface area (Å²) in [5, 5.41) is 11.7. The van der Waals surface area contributed by atoms with Gasteiger partial charge < -0.3 is 10.2 Å². The van der Waals surface area contributed by atoms with Gasteiger partial charge in [-0.2, -0.15) is 0 Å². The summed E-state index contributed by atoms with van der Waals surface area (Å²) in [5.74, 6) is -0.133. The van der Waals surface area contributed by atoms with Gasteiger partial charge in [-0.15, -0.1) is 0 Å². The van der Waals surface area contributed by atoms with Crippen LogP contribution in [0.4, 0.5) is 11.6 Å². The highest BCUT2D eigenvalue weighted by atomic mass is 16.5. The predicted octanol–water partition coefficient (Wildman–Crippen LogP) is 3.36. The predicted molar refractivity (Wildman–Crippen MR) is 111 cm³/mol. The molecule has 156 valence electrons.